The van der Waals surface area contributed by atoms with Gasteiger partial charge in [-0.25, -0.2) is 12.4 Å². The molecule has 0 radical (unpaired) electrons. The largest absolute Gasteiger partial charge is 0.304 e. The monoisotopic (exact) mass is 403 g/mol. The van der Waals surface area contributed by atoms with Gasteiger partial charge in [-0.2, -0.15) is 0 Å². The van der Waals surface area contributed by atoms with Gasteiger partial charge in [-0.1, -0.05) is 17.7 Å². The smallest absolute Gasteiger partial charge is 0.268 e. The molecule has 1 aromatic heterocycles. The van der Waals surface area contributed by atoms with Crippen molar-refractivity contribution in [3.63, 3.8) is 0 Å². The Balaban J connectivity index is 1.61. The third-order valence-electron chi connectivity index (χ3n) is 5.09. The van der Waals surface area contributed by atoms with Gasteiger partial charge in [0.1, 0.15) is 0 Å². The molecule has 5 nitrogen and oxygen atoms in total. The number of hydrogen-bond donors (Lipinski definition) is 0. The third kappa shape index (κ3) is 3.75. The summed E-state index contributed by atoms with van der Waals surface area (Å²) in [5.41, 5.74) is 1.89. The lowest BCUT2D eigenvalue weighted by molar-refractivity contribution is 0.148. The van der Waals surface area contributed by atoms with Crippen LogP contribution in [0.4, 0.5) is 0 Å². The first-order chi connectivity index (χ1) is 12.9. The van der Waals surface area contributed by atoms with Gasteiger partial charge < -0.3 is 4.90 Å². The van der Waals surface area contributed by atoms with Crippen molar-refractivity contribution >= 4 is 32.5 Å². The number of benzene rings is 2. The van der Waals surface area contributed by atoms with E-state index in [2.05, 4.69) is 22.9 Å². The topological polar surface area (TPSA) is 45.5 Å². The minimum atomic E-state index is -3.64. The van der Waals surface area contributed by atoms with Gasteiger partial charge in [0.15, 0.2) is 0 Å². The van der Waals surface area contributed by atoms with Crippen molar-refractivity contribution in [2.75, 3.05) is 33.2 Å². The molecule has 4 rings (SSSR count). The highest BCUT2D eigenvalue weighted by Gasteiger charge is 2.19. The Morgan fingerprint density at radius 2 is 1.67 bits per heavy atom. The number of piperazine rings is 1. The van der Waals surface area contributed by atoms with E-state index in [-0.39, 0.29) is 4.90 Å². The van der Waals surface area contributed by atoms with Crippen LogP contribution in [0.15, 0.2) is 59.6 Å². The van der Waals surface area contributed by atoms with Gasteiger partial charge in [0, 0.05) is 49.3 Å². The molecule has 0 bridgehead atoms. The van der Waals surface area contributed by atoms with Crippen molar-refractivity contribution < 1.29 is 8.42 Å². The van der Waals surface area contributed by atoms with Crippen LogP contribution in [0.2, 0.25) is 5.02 Å². The second-order valence-corrected chi connectivity index (χ2v) is 9.29. The number of fused-ring (bicyclic) bond motifs is 1. The van der Waals surface area contributed by atoms with E-state index in [4.69, 9.17) is 11.6 Å². The molecule has 142 valence electrons. The number of nitrogens with zero attached hydrogens (tertiary/aromatic N) is 3. The number of rotatable bonds is 4. The van der Waals surface area contributed by atoms with E-state index in [0.29, 0.717) is 10.5 Å². The maximum Gasteiger partial charge on any atom is 0.268 e. The van der Waals surface area contributed by atoms with Gasteiger partial charge in [-0.15, -0.1) is 0 Å². The normalized spacial score (nSPS) is 16.8. The van der Waals surface area contributed by atoms with Crippen molar-refractivity contribution in [3.8, 4) is 0 Å². The molecule has 0 unspecified atom stereocenters. The number of halogens is 1. The van der Waals surface area contributed by atoms with Gasteiger partial charge in [0.05, 0.1) is 10.4 Å². The maximum absolute atomic E-state index is 13.0. The van der Waals surface area contributed by atoms with Crippen molar-refractivity contribution in [2.45, 2.75) is 11.4 Å². The first-order valence-electron chi connectivity index (χ1n) is 8.95. The summed E-state index contributed by atoms with van der Waals surface area (Å²) in [4.78, 5) is 5.00. The summed E-state index contributed by atoms with van der Waals surface area (Å²) in [7, 11) is -1.50. The molecule has 2 heterocycles. The minimum absolute atomic E-state index is 0.228. The Morgan fingerprint density at radius 3 is 2.37 bits per heavy atom. The summed E-state index contributed by atoms with van der Waals surface area (Å²) < 4.78 is 27.3. The van der Waals surface area contributed by atoms with E-state index in [1.807, 2.05) is 18.2 Å². The summed E-state index contributed by atoms with van der Waals surface area (Å²) in [5.74, 6) is 0. The van der Waals surface area contributed by atoms with E-state index in [9.17, 15) is 8.42 Å². The molecule has 1 aliphatic rings. The second kappa shape index (κ2) is 7.28. The van der Waals surface area contributed by atoms with Crippen LogP contribution >= 0.6 is 11.6 Å². The van der Waals surface area contributed by atoms with Crippen LogP contribution in [0, 0.1) is 0 Å². The van der Waals surface area contributed by atoms with E-state index in [0.717, 1.165) is 38.1 Å². The average Bonchev–Trinajstić information content (AvgIpc) is 3.08. The summed E-state index contributed by atoms with van der Waals surface area (Å²) in [6.07, 6.45) is 1.62. The summed E-state index contributed by atoms with van der Waals surface area (Å²) in [6, 6.07) is 14.1. The Hall–Kier alpha value is -1.86. The quantitative estimate of drug-likeness (QED) is 0.670. The molecular formula is C20H22ClN3O2S. The van der Waals surface area contributed by atoms with Crippen molar-refractivity contribution in [1.82, 2.24) is 13.8 Å². The highest BCUT2D eigenvalue weighted by molar-refractivity contribution is 7.90. The average molecular weight is 404 g/mol. The zero-order chi connectivity index (χ0) is 19.0. The van der Waals surface area contributed by atoms with E-state index in [1.54, 1.807) is 18.3 Å². The zero-order valence-electron chi connectivity index (χ0n) is 15.2. The predicted octanol–water partition coefficient (Wildman–Crippen LogP) is 3.28. The zero-order valence-corrected chi connectivity index (χ0v) is 16.7. The second-order valence-electron chi connectivity index (χ2n) is 7.04. The van der Waals surface area contributed by atoms with Crippen LogP contribution < -0.4 is 0 Å². The lowest BCUT2D eigenvalue weighted by Gasteiger charge is -2.32. The van der Waals surface area contributed by atoms with Crippen LogP contribution in [-0.4, -0.2) is 55.4 Å². The third-order valence-corrected chi connectivity index (χ3v) is 7.05. The Labute approximate surface area is 164 Å². The van der Waals surface area contributed by atoms with Gasteiger partial charge in [-0.3, -0.25) is 4.90 Å². The minimum Gasteiger partial charge on any atom is -0.304 e. The van der Waals surface area contributed by atoms with E-state index >= 15 is 0 Å². The highest BCUT2D eigenvalue weighted by Crippen LogP contribution is 2.24. The van der Waals surface area contributed by atoms with Crippen molar-refractivity contribution in [2.24, 2.45) is 0 Å². The summed E-state index contributed by atoms with van der Waals surface area (Å²) in [6.45, 7) is 5.16. The van der Waals surface area contributed by atoms with Crippen LogP contribution in [0.1, 0.15) is 5.56 Å². The lowest BCUT2D eigenvalue weighted by atomic mass is 10.1. The summed E-state index contributed by atoms with van der Waals surface area (Å²) >= 11 is 5.88. The molecule has 27 heavy (non-hydrogen) atoms. The standard InChI is InChI=1S/C20H22ClN3O2S/c1-22-10-12-23(13-11-22)15-16-2-7-20-17(14-16)8-9-24(20)27(25,26)19-5-3-18(21)4-6-19/h2-9,14H,10-13,15H2,1H3. The Kier molecular flexibility index (Phi) is 4.99. The van der Waals surface area contributed by atoms with Crippen LogP contribution in [0.3, 0.4) is 0 Å². The first-order valence-corrected chi connectivity index (χ1v) is 10.8. The molecule has 1 fully saturated rings. The van der Waals surface area contributed by atoms with Crippen LogP contribution in [-0.2, 0) is 16.6 Å². The molecule has 0 N–H and O–H groups in total. The molecule has 0 atom stereocenters. The summed E-state index contributed by atoms with van der Waals surface area (Å²) in [5, 5.41) is 1.44. The van der Waals surface area contributed by atoms with E-state index < -0.39 is 10.0 Å². The first kappa shape index (κ1) is 18.5. The van der Waals surface area contributed by atoms with Crippen molar-refractivity contribution in [3.05, 3.63) is 65.3 Å². The fraction of sp³-hybridized carbons (Fsp3) is 0.300. The Morgan fingerprint density at radius 1 is 0.963 bits per heavy atom. The van der Waals surface area contributed by atoms with E-state index in [1.165, 1.54) is 21.7 Å². The lowest BCUT2D eigenvalue weighted by Crippen LogP contribution is -2.43. The molecule has 3 aromatic rings. The highest BCUT2D eigenvalue weighted by atomic mass is 35.5. The predicted molar refractivity (Wildman–Crippen MR) is 109 cm³/mol. The van der Waals surface area contributed by atoms with Gasteiger partial charge in [-0.05, 0) is 55.1 Å². The van der Waals surface area contributed by atoms with Crippen LogP contribution in [0.5, 0.6) is 0 Å². The maximum atomic E-state index is 13.0. The van der Waals surface area contributed by atoms with Crippen molar-refractivity contribution in [1.29, 1.82) is 0 Å². The molecule has 7 heteroatoms. The molecular weight excluding hydrogens is 382 g/mol. The molecule has 2 aromatic carbocycles. The molecule has 1 saturated heterocycles. The Bertz CT molecular complexity index is 1050. The molecule has 0 saturated carbocycles. The van der Waals surface area contributed by atoms with Gasteiger partial charge >= 0.3 is 0 Å². The van der Waals surface area contributed by atoms with Gasteiger partial charge in [0.25, 0.3) is 10.0 Å². The van der Waals surface area contributed by atoms with Gasteiger partial charge in [0.2, 0.25) is 0 Å². The fourth-order valence-electron chi connectivity index (χ4n) is 3.46. The molecule has 0 aliphatic carbocycles. The molecule has 0 amide bonds. The number of aromatic nitrogens is 1. The number of likely N-dealkylation sites (N-methyl/N-ethyl adjacent to an activating group) is 1. The molecule has 1 aliphatic heterocycles. The SMILES string of the molecule is CN1CCN(Cc2ccc3c(ccn3S(=O)(=O)c3ccc(Cl)cc3)c2)CC1. The van der Waals surface area contributed by atoms with Crippen LogP contribution in [0.25, 0.3) is 10.9 Å². The number of hydrogen-bond acceptors (Lipinski definition) is 4. The molecule has 0 spiro atoms. The fourth-order valence-corrected chi connectivity index (χ4v) is 4.94.